The van der Waals surface area contributed by atoms with Crippen LogP contribution in [-0.2, 0) is 48.0 Å². The molecule has 0 aliphatic carbocycles. The van der Waals surface area contributed by atoms with E-state index in [9.17, 15) is 54.0 Å². The lowest BCUT2D eigenvalue weighted by Gasteiger charge is -2.15. The number of aromatic hydroxyl groups is 4. The number of urea groups is 1. The van der Waals surface area contributed by atoms with Crippen LogP contribution in [0.3, 0.4) is 0 Å². The van der Waals surface area contributed by atoms with Gasteiger partial charge in [0, 0.05) is 43.0 Å². The lowest BCUT2D eigenvalue weighted by atomic mass is 9.89. The smallest absolute Gasteiger partial charge is 0.322 e. The minimum atomic E-state index is -0.611. The maximum absolute atomic E-state index is 12.1. The molecule has 16 rings (SSSR count). The third-order valence-electron chi connectivity index (χ3n) is 18.8. The van der Waals surface area contributed by atoms with Crippen molar-refractivity contribution >= 4 is 47.6 Å². The SMILES string of the molecule is O=C1C=C(Cc2cc(-c3ccccc3)ccc2-c2cccc(O)c2)C(=O)N1.O=C1CC(Cc2cc(-c3ccccc3)ccc2-c2cccc(O)c2)C(=O)N1.O=C1NC(=O)C(Cc2cc(-c3ccccc3)ccc2-c2cccc(O)c2)N1.O=C1NCC/C1=C\c1cc(-c2ccccc2)ccc1-c1cccc(O)c1. The summed E-state index contributed by atoms with van der Waals surface area (Å²) < 4.78 is 0. The highest BCUT2D eigenvalue weighted by Gasteiger charge is 2.33. The molecule has 528 valence electrons. The Labute approximate surface area is 618 Å². The van der Waals surface area contributed by atoms with Crippen LogP contribution >= 0.6 is 0 Å². The minimum absolute atomic E-state index is 0.00280. The molecular weight excluding hydrogens is 1340 g/mol. The normalized spacial score (nSPS) is 15.3. The van der Waals surface area contributed by atoms with E-state index in [2.05, 4.69) is 63.0 Å². The fourth-order valence-electron chi connectivity index (χ4n) is 13.5. The van der Waals surface area contributed by atoms with E-state index in [0.29, 0.717) is 31.4 Å². The highest BCUT2D eigenvalue weighted by atomic mass is 16.3. The summed E-state index contributed by atoms with van der Waals surface area (Å²) in [6.45, 7) is 0.685. The van der Waals surface area contributed by atoms with Crippen LogP contribution in [0.2, 0.25) is 0 Å². The van der Waals surface area contributed by atoms with E-state index in [1.165, 1.54) is 6.08 Å². The fraction of sp³-hybridized carbons (Fsp3) is 0.0879. The molecule has 3 fully saturated rings. The predicted octanol–water partition coefficient (Wildman–Crippen LogP) is 15.9. The Morgan fingerprint density at radius 1 is 0.355 bits per heavy atom. The molecule has 2 unspecified atom stereocenters. The molecule has 16 nitrogen and oxygen atoms in total. The maximum Gasteiger partial charge on any atom is 0.322 e. The van der Waals surface area contributed by atoms with Gasteiger partial charge in [0.05, 0.1) is 5.92 Å². The topological polar surface area (TPSA) is 261 Å². The zero-order valence-corrected chi connectivity index (χ0v) is 57.9. The molecule has 0 radical (unpaired) electrons. The van der Waals surface area contributed by atoms with E-state index in [1.807, 2.05) is 194 Å². The Hall–Kier alpha value is -14.0. The summed E-state index contributed by atoms with van der Waals surface area (Å²) in [5.41, 5.74) is 20.9. The van der Waals surface area contributed by atoms with Crippen LogP contribution in [0.15, 0.2) is 308 Å². The summed E-state index contributed by atoms with van der Waals surface area (Å²) in [5, 5.41) is 51.8. The van der Waals surface area contributed by atoms with E-state index in [1.54, 1.807) is 66.7 Å². The van der Waals surface area contributed by atoms with Gasteiger partial charge in [0.15, 0.2) is 0 Å². The number of carbonyl (C=O) groups is 7. The van der Waals surface area contributed by atoms with Crippen molar-refractivity contribution in [1.82, 2.24) is 26.6 Å². The van der Waals surface area contributed by atoms with Crippen LogP contribution in [-0.4, -0.2) is 74.5 Å². The molecule has 2 atom stereocenters. The average Bonchev–Trinajstić information content (AvgIpc) is 1.62. The highest BCUT2D eigenvalue weighted by molar-refractivity contribution is 6.16. The van der Waals surface area contributed by atoms with E-state index < -0.39 is 12.1 Å². The van der Waals surface area contributed by atoms with E-state index in [-0.39, 0.29) is 70.8 Å². The molecule has 0 bridgehead atoms. The molecule has 8 amide bonds. The van der Waals surface area contributed by atoms with Crippen molar-refractivity contribution in [1.29, 1.82) is 0 Å². The maximum atomic E-state index is 12.1. The van der Waals surface area contributed by atoms with Crippen LogP contribution < -0.4 is 26.6 Å². The van der Waals surface area contributed by atoms with Crippen molar-refractivity contribution in [3.05, 3.63) is 331 Å². The van der Waals surface area contributed by atoms with Gasteiger partial charge >= 0.3 is 6.03 Å². The third kappa shape index (κ3) is 17.9. The molecule has 4 aliphatic heterocycles. The van der Waals surface area contributed by atoms with Gasteiger partial charge in [-0.3, -0.25) is 44.7 Å². The number of nitrogens with one attached hydrogen (secondary N) is 5. The van der Waals surface area contributed by atoms with Gasteiger partial charge in [0.2, 0.25) is 17.7 Å². The van der Waals surface area contributed by atoms with Gasteiger partial charge in [-0.1, -0.05) is 237 Å². The average molecular weight is 1410 g/mol. The first-order chi connectivity index (χ1) is 52.0. The number of phenolic OH excluding ortho intramolecular Hbond substituents is 4. The highest BCUT2D eigenvalue weighted by Crippen LogP contribution is 2.38. The first kappa shape index (κ1) is 71.4. The van der Waals surface area contributed by atoms with E-state index in [0.717, 1.165) is 123 Å². The molecule has 4 aliphatic rings. The van der Waals surface area contributed by atoms with Gasteiger partial charge in [-0.25, -0.2) is 4.79 Å². The first-order valence-corrected chi connectivity index (χ1v) is 34.9. The van der Waals surface area contributed by atoms with Crippen LogP contribution in [0.25, 0.3) is 95.1 Å². The lowest BCUT2D eigenvalue weighted by molar-refractivity contribution is -0.126. The molecule has 0 aromatic heterocycles. The van der Waals surface area contributed by atoms with Gasteiger partial charge in [-0.15, -0.1) is 0 Å². The fourth-order valence-corrected chi connectivity index (χ4v) is 13.5. The molecule has 12 aromatic carbocycles. The molecule has 16 heteroatoms. The number of amides is 8. The van der Waals surface area contributed by atoms with Crippen molar-refractivity contribution < 1.29 is 54.0 Å². The molecule has 107 heavy (non-hydrogen) atoms. The predicted molar refractivity (Wildman–Crippen MR) is 416 cm³/mol. The number of hydrogen-bond acceptors (Lipinski definition) is 11. The Bertz CT molecular complexity index is 5260. The molecule has 0 spiro atoms. The molecule has 3 saturated heterocycles. The zero-order valence-electron chi connectivity index (χ0n) is 57.9. The summed E-state index contributed by atoms with van der Waals surface area (Å²) >= 11 is 0. The van der Waals surface area contributed by atoms with Crippen LogP contribution in [0.1, 0.15) is 35.1 Å². The number of phenols is 4. The Kier molecular flexibility index (Phi) is 22.0. The third-order valence-corrected chi connectivity index (χ3v) is 18.8. The largest absolute Gasteiger partial charge is 0.508 e. The van der Waals surface area contributed by atoms with Crippen LogP contribution in [0.5, 0.6) is 23.0 Å². The molecule has 9 N–H and O–H groups in total. The van der Waals surface area contributed by atoms with Crippen molar-refractivity contribution in [3.8, 4) is 112 Å². The summed E-state index contributed by atoms with van der Waals surface area (Å²) in [6, 6.07) is 91.8. The van der Waals surface area contributed by atoms with Gasteiger partial charge in [0.1, 0.15) is 29.0 Å². The van der Waals surface area contributed by atoms with Gasteiger partial charge in [-0.05, 0) is 185 Å². The second kappa shape index (κ2) is 33.0. The summed E-state index contributed by atoms with van der Waals surface area (Å²) in [6.07, 6.45) is 5.44. The first-order valence-electron chi connectivity index (χ1n) is 34.9. The minimum Gasteiger partial charge on any atom is -0.508 e. The summed E-state index contributed by atoms with van der Waals surface area (Å²) in [5.74, 6) is -1.08. The monoisotopic (exact) mass is 1410 g/mol. The number of carbonyl (C=O) groups excluding carboxylic acids is 7. The van der Waals surface area contributed by atoms with Crippen molar-refractivity contribution in [2.45, 2.75) is 38.1 Å². The van der Waals surface area contributed by atoms with E-state index >= 15 is 0 Å². The lowest BCUT2D eigenvalue weighted by Crippen LogP contribution is -2.31. The molecule has 12 aromatic rings. The van der Waals surface area contributed by atoms with Gasteiger partial charge in [0.25, 0.3) is 17.7 Å². The quantitative estimate of drug-likeness (QED) is 0.0265. The summed E-state index contributed by atoms with van der Waals surface area (Å²) in [4.78, 5) is 82.7. The Morgan fingerprint density at radius 2 is 0.757 bits per heavy atom. The van der Waals surface area contributed by atoms with Crippen LogP contribution in [0, 0.1) is 5.92 Å². The second-order valence-electron chi connectivity index (χ2n) is 26.2. The Morgan fingerprint density at radius 3 is 1.14 bits per heavy atom. The van der Waals surface area contributed by atoms with Crippen molar-refractivity contribution in [2.75, 3.05) is 6.54 Å². The van der Waals surface area contributed by atoms with Crippen LogP contribution in [0.4, 0.5) is 4.79 Å². The van der Waals surface area contributed by atoms with Gasteiger partial charge in [-0.2, -0.15) is 0 Å². The molecule has 0 saturated carbocycles. The van der Waals surface area contributed by atoms with Gasteiger partial charge < -0.3 is 31.1 Å². The van der Waals surface area contributed by atoms with E-state index in [4.69, 9.17) is 0 Å². The zero-order chi connectivity index (χ0) is 74.3. The summed E-state index contributed by atoms with van der Waals surface area (Å²) in [7, 11) is 0. The molecule has 4 heterocycles. The second-order valence-corrected chi connectivity index (χ2v) is 26.2. The number of hydrogen-bond donors (Lipinski definition) is 9. The number of imide groups is 3. The number of benzene rings is 12. The van der Waals surface area contributed by atoms with Crippen molar-refractivity contribution in [3.63, 3.8) is 0 Å². The molecular formula is C91H73N5O11. The number of rotatable bonds is 15. The van der Waals surface area contributed by atoms with Crippen molar-refractivity contribution in [2.24, 2.45) is 5.92 Å². The standard InChI is InChI=1S/C23H19NO3.C23H17NO3.C23H19NO2.C22H18N2O3/c2*25-20-8-4-7-17(13-20)21-10-9-16(15-5-2-1-3-6-15)11-18(21)12-19-14-22(26)24-23(19)27;25-21-8-4-7-18(15-21)22-10-9-17(16-5-2-1-3-6-16)13-20(22)14-19-11-12-24-23(19)26;25-18-8-4-7-16(12-18)19-10-9-15(14-5-2-1-3-6-14)11-17(19)13-20-21(26)24-22(27)23-20/h1-11,13,19,25H,12,14H2,(H,24,26,27);1-11,13-14,25H,12H2,(H,24,26,27);1-10,13-15,25H,11-12H2,(H,24,26);1-12,20,25H,13H2,(H2,23,24,26,27)/b;;19-14+;. The Balaban J connectivity index is 0.000000126.